The number of benzene rings is 2. The molecule has 6 heteroatoms. The zero-order valence-corrected chi connectivity index (χ0v) is 14.9. The van der Waals surface area contributed by atoms with Gasteiger partial charge in [-0.25, -0.2) is 0 Å². The van der Waals surface area contributed by atoms with Gasteiger partial charge in [-0.3, -0.25) is 0 Å². The van der Waals surface area contributed by atoms with E-state index in [0.717, 1.165) is 40.7 Å². The maximum absolute atomic E-state index is 10.4. The summed E-state index contributed by atoms with van der Waals surface area (Å²) in [5, 5.41) is 12.2. The first kappa shape index (κ1) is 17.8. The molecule has 1 aliphatic rings. The summed E-state index contributed by atoms with van der Waals surface area (Å²) in [6.07, 6.45) is 2.88. The Balaban J connectivity index is 0.00000196. The minimum atomic E-state index is 0. The molecule has 136 valence electrons. The lowest BCUT2D eigenvalue weighted by atomic mass is 9.95. The largest absolute Gasteiger partial charge is 0.870 e. The van der Waals surface area contributed by atoms with Crippen molar-refractivity contribution in [2.24, 2.45) is 0 Å². The lowest BCUT2D eigenvalue weighted by Crippen LogP contribution is -2.40. The highest BCUT2D eigenvalue weighted by molar-refractivity contribution is 5.91. The van der Waals surface area contributed by atoms with E-state index in [1.165, 1.54) is 5.56 Å². The first-order chi connectivity index (χ1) is 12.2. The van der Waals surface area contributed by atoms with Crippen LogP contribution in [0.1, 0.15) is 5.56 Å². The number of aryl methyl sites for hydroxylation is 2. The highest BCUT2D eigenvalue weighted by Gasteiger charge is 2.26. The lowest BCUT2D eigenvalue weighted by Gasteiger charge is -2.18. The summed E-state index contributed by atoms with van der Waals surface area (Å²) >= 11 is 0. The number of phenolic OH excluding ortho intramolecular Hbond substituents is 1. The number of methoxy groups -OCH3 is 3. The maximum Gasteiger partial charge on any atom is 0.213 e. The Kier molecular flexibility index (Phi) is 4.61. The molecule has 2 aromatic carbocycles. The van der Waals surface area contributed by atoms with Crippen molar-refractivity contribution in [3.05, 3.63) is 42.1 Å². The Bertz CT molecular complexity index is 984. The van der Waals surface area contributed by atoms with Crippen LogP contribution in [0, 0.1) is 0 Å². The number of hydrogen-bond donors (Lipinski definition) is 1. The van der Waals surface area contributed by atoms with E-state index in [9.17, 15) is 5.11 Å². The molecule has 0 radical (unpaired) electrons. The SMILES string of the molecule is COc1cc2c(cc1OC)-c1cc3ccc(OC)c(O)c3c[n+]1CC2.[OH-]. The Hall–Kier alpha value is -2.99. The van der Waals surface area contributed by atoms with Crippen molar-refractivity contribution in [2.45, 2.75) is 13.0 Å². The van der Waals surface area contributed by atoms with Crippen LogP contribution in [0.25, 0.3) is 22.0 Å². The molecule has 0 fully saturated rings. The Labute approximate surface area is 151 Å². The van der Waals surface area contributed by atoms with Crippen LogP contribution in [-0.4, -0.2) is 31.9 Å². The van der Waals surface area contributed by atoms with Crippen LogP contribution in [-0.2, 0) is 13.0 Å². The number of rotatable bonds is 3. The molecule has 0 atom stereocenters. The van der Waals surface area contributed by atoms with Gasteiger partial charge in [0.25, 0.3) is 0 Å². The van der Waals surface area contributed by atoms with E-state index in [1.807, 2.05) is 24.4 Å². The molecular weight excluding hydrogens is 334 g/mol. The van der Waals surface area contributed by atoms with E-state index < -0.39 is 0 Å². The number of pyridine rings is 1. The molecule has 0 amide bonds. The molecule has 26 heavy (non-hydrogen) atoms. The first-order valence-corrected chi connectivity index (χ1v) is 8.14. The molecule has 0 saturated carbocycles. The van der Waals surface area contributed by atoms with Gasteiger partial charge in [-0.05, 0) is 35.2 Å². The summed E-state index contributed by atoms with van der Waals surface area (Å²) in [5.41, 5.74) is 3.45. The summed E-state index contributed by atoms with van der Waals surface area (Å²) in [5.74, 6) is 2.12. The fourth-order valence-corrected chi connectivity index (χ4v) is 3.51. The number of aromatic nitrogens is 1. The van der Waals surface area contributed by atoms with Crippen molar-refractivity contribution < 1.29 is 29.4 Å². The number of hydrogen-bond acceptors (Lipinski definition) is 5. The van der Waals surface area contributed by atoms with Crippen LogP contribution in [0.2, 0.25) is 0 Å². The molecule has 1 aliphatic heterocycles. The third kappa shape index (κ3) is 2.59. The summed E-state index contributed by atoms with van der Waals surface area (Å²) in [4.78, 5) is 0. The van der Waals surface area contributed by atoms with E-state index in [1.54, 1.807) is 27.4 Å². The van der Waals surface area contributed by atoms with E-state index >= 15 is 0 Å². The second-order valence-electron chi connectivity index (χ2n) is 6.09. The Morgan fingerprint density at radius 1 is 0.923 bits per heavy atom. The Morgan fingerprint density at radius 3 is 2.31 bits per heavy atom. The van der Waals surface area contributed by atoms with E-state index in [4.69, 9.17) is 14.2 Å². The van der Waals surface area contributed by atoms with Crippen molar-refractivity contribution in [3.8, 4) is 34.3 Å². The topological polar surface area (TPSA) is 81.8 Å². The summed E-state index contributed by atoms with van der Waals surface area (Å²) in [6.45, 7) is 0.838. The van der Waals surface area contributed by atoms with Gasteiger partial charge in [0.05, 0.1) is 32.3 Å². The minimum Gasteiger partial charge on any atom is -0.870 e. The average molecular weight is 355 g/mol. The number of fused-ring (bicyclic) bond motifs is 4. The van der Waals surface area contributed by atoms with E-state index in [2.05, 4.69) is 10.6 Å². The van der Waals surface area contributed by atoms with Crippen molar-refractivity contribution in [2.75, 3.05) is 21.3 Å². The second-order valence-corrected chi connectivity index (χ2v) is 6.09. The average Bonchev–Trinajstić information content (AvgIpc) is 2.66. The zero-order valence-electron chi connectivity index (χ0n) is 14.9. The molecule has 0 aliphatic carbocycles. The molecule has 1 aromatic heterocycles. The number of aromatic hydroxyl groups is 1. The predicted octanol–water partition coefficient (Wildman–Crippen LogP) is 2.91. The molecule has 2 N–H and O–H groups in total. The van der Waals surface area contributed by atoms with Gasteiger partial charge >= 0.3 is 0 Å². The Morgan fingerprint density at radius 2 is 1.62 bits per heavy atom. The fourth-order valence-electron chi connectivity index (χ4n) is 3.51. The molecule has 0 saturated heterocycles. The second kappa shape index (κ2) is 6.72. The molecule has 0 unspecified atom stereocenters. The number of ether oxygens (including phenoxy) is 3. The van der Waals surface area contributed by atoms with Gasteiger partial charge < -0.3 is 24.8 Å². The van der Waals surface area contributed by atoms with Crippen LogP contribution in [0.5, 0.6) is 23.0 Å². The van der Waals surface area contributed by atoms with Gasteiger partial charge in [-0.15, -0.1) is 0 Å². The van der Waals surface area contributed by atoms with Crippen LogP contribution < -0.4 is 18.8 Å². The van der Waals surface area contributed by atoms with Gasteiger partial charge in [0.1, 0.15) is 0 Å². The lowest BCUT2D eigenvalue weighted by molar-refractivity contribution is -0.686. The number of nitrogens with zero attached hydrogens (tertiary/aromatic N) is 1. The number of phenols is 1. The third-order valence-electron chi connectivity index (χ3n) is 4.83. The van der Waals surface area contributed by atoms with Crippen molar-refractivity contribution in [1.82, 2.24) is 0 Å². The van der Waals surface area contributed by atoms with Crippen molar-refractivity contribution in [3.63, 3.8) is 0 Å². The molecule has 0 spiro atoms. The molecule has 6 nitrogen and oxygen atoms in total. The summed E-state index contributed by atoms with van der Waals surface area (Å²) in [6, 6.07) is 9.91. The van der Waals surface area contributed by atoms with Gasteiger partial charge in [0.15, 0.2) is 35.7 Å². The van der Waals surface area contributed by atoms with Crippen LogP contribution >= 0.6 is 0 Å². The minimum absolute atomic E-state index is 0. The highest BCUT2D eigenvalue weighted by atomic mass is 16.5. The first-order valence-electron chi connectivity index (χ1n) is 8.14. The van der Waals surface area contributed by atoms with Gasteiger partial charge in [-0.1, -0.05) is 0 Å². The predicted molar refractivity (Wildman–Crippen MR) is 96.5 cm³/mol. The summed E-state index contributed by atoms with van der Waals surface area (Å²) < 4.78 is 18.3. The normalized spacial score (nSPS) is 12.0. The molecule has 3 aromatic rings. The van der Waals surface area contributed by atoms with Crippen LogP contribution in [0.3, 0.4) is 0 Å². The van der Waals surface area contributed by atoms with E-state index in [0.29, 0.717) is 11.5 Å². The smallest absolute Gasteiger partial charge is 0.213 e. The van der Waals surface area contributed by atoms with E-state index in [-0.39, 0.29) is 11.2 Å². The van der Waals surface area contributed by atoms with Crippen LogP contribution in [0.4, 0.5) is 0 Å². The third-order valence-corrected chi connectivity index (χ3v) is 4.83. The standard InChI is InChI=1S/C20H19NO4.H2O/c1-23-17-5-4-12-8-16-14-10-19(25-3)18(24-2)9-13(14)6-7-21(16)11-15(12)20(17)22;/h4-5,8-11H,6-7H2,1-3H3;1H2. The fraction of sp³-hybridized carbons (Fsp3) is 0.250. The van der Waals surface area contributed by atoms with Gasteiger partial charge in [0, 0.05) is 12.5 Å². The highest BCUT2D eigenvalue weighted by Crippen LogP contribution is 2.39. The molecule has 4 rings (SSSR count). The molecular formula is C20H21NO5. The monoisotopic (exact) mass is 355 g/mol. The molecule has 0 bridgehead atoms. The van der Waals surface area contributed by atoms with Crippen molar-refractivity contribution >= 4 is 10.8 Å². The zero-order chi connectivity index (χ0) is 17.6. The van der Waals surface area contributed by atoms with Crippen LogP contribution in [0.15, 0.2) is 36.5 Å². The maximum atomic E-state index is 10.4. The van der Waals surface area contributed by atoms with Crippen molar-refractivity contribution in [1.29, 1.82) is 0 Å². The summed E-state index contributed by atoms with van der Waals surface area (Å²) in [7, 11) is 4.85. The quantitative estimate of drug-likeness (QED) is 0.731. The van der Waals surface area contributed by atoms with Gasteiger partial charge in [0.2, 0.25) is 5.69 Å². The van der Waals surface area contributed by atoms with Gasteiger partial charge in [-0.2, -0.15) is 4.57 Å². The molecule has 2 heterocycles.